The molecule has 1 aliphatic carbocycles. The highest BCUT2D eigenvalue weighted by Crippen LogP contribution is 2.33. The lowest BCUT2D eigenvalue weighted by Gasteiger charge is -2.18. The van der Waals surface area contributed by atoms with Crippen LogP contribution in [0.1, 0.15) is 36.6 Å². The van der Waals surface area contributed by atoms with Crippen LogP contribution in [-0.4, -0.2) is 21.2 Å². The normalized spacial score (nSPS) is 18.5. The summed E-state index contributed by atoms with van der Waals surface area (Å²) in [6, 6.07) is 5.46. The number of anilines is 1. The Hall–Kier alpha value is -2.15. The van der Waals surface area contributed by atoms with E-state index in [2.05, 4.69) is 10.3 Å². The molecule has 1 aromatic heterocycles. The first-order chi connectivity index (χ1) is 12.1. The lowest BCUT2D eigenvalue weighted by Crippen LogP contribution is -2.32. The highest BCUT2D eigenvalue weighted by atomic mass is 32.2. The largest absolute Gasteiger partial charge is 0.326 e. The predicted octanol–water partition coefficient (Wildman–Crippen LogP) is 2.94. The van der Waals surface area contributed by atoms with Crippen LogP contribution < -0.4 is 10.9 Å². The topological polar surface area (TPSA) is 64.0 Å². The van der Waals surface area contributed by atoms with Gasteiger partial charge in [0.05, 0.1) is 11.7 Å². The molecule has 2 heterocycles. The zero-order chi connectivity index (χ0) is 17.4. The maximum atomic E-state index is 12.9. The Kier molecular flexibility index (Phi) is 4.33. The van der Waals surface area contributed by atoms with E-state index in [-0.39, 0.29) is 29.7 Å². The Labute approximate surface area is 148 Å². The third-order valence-electron chi connectivity index (χ3n) is 4.67. The quantitative estimate of drug-likeness (QED) is 0.856. The monoisotopic (exact) mass is 359 g/mol. The smallest absolute Gasteiger partial charge is 0.257 e. The lowest BCUT2D eigenvalue weighted by atomic mass is 9.97. The maximum absolute atomic E-state index is 12.9. The summed E-state index contributed by atoms with van der Waals surface area (Å²) in [5.74, 6) is 0.137. The van der Waals surface area contributed by atoms with Crippen LogP contribution in [0.15, 0.2) is 34.2 Å². The van der Waals surface area contributed by atoms with Crippen LogP contribution in [0.4, 0.5) is 10.1 Å². The predicted molar refractivity (Wildman–Crippen MR) is 94.5 cm³/mol. The van der Waals surface area contributed by atoms with Crippen molar-refractivity contribution >= 4 is 23.4 Å². The Balaban J connectivity index is 1.53. The SMILES string of the molecule is O=C(CC1CSc2nc3c(c(=O)n21)CCCC3)Nc1ccc(F)cc1. The molecule has 2 aliphatic rings. The summed E-state index contributed by atoms with van der Waals surface area (Å²) in [6.07, 6.45) is 3.95. The van der Waals surface area contributed by atoms with Gasteiger partial charge in [0.25, 0.3) is 5.56 Å². The van der Waals surface area contributed by atoms with E-state index in [4.69, 9.17) is 0 Å². The van der Waals surface area contributed by atoms with Gasteiger partial charge in [0.1, 0.15) is 5.82 Å². The van der Waals surface area contributed by atoms with E-state index in [0.29, 0.717) is 11.4 Å². The van der Waals surface area contributed by atoms with Gasteiger partial charge in [-0.2, -0.15) is 0 Å². The van der Waals surface area contributed by atoms with Gasteiger partial charge in [-0.25, -0.2) is 9.37 Å². The number of aromatic nitrogens is 2. The fourth-order valence-electron chi connectivity index (χ4n) is 3.42. The van der Waals surface area contributed by atoms with Gasteiger partial charge in [-0.1, -0.05) is 11.8 Å². The molecule has 1 aliphatic heterocycles. The third kappa shape index (κ3) is 3.20. The molecule has 0 fully saturated rings. The van der Waals surface area contributed by atoms with Crippen molar-refractivity contribution in [3.63, 3.8) is 0 Å². The molecule has 1 aromatic carbocycles. The third-order valence-corrected chi connectivity index (χ3v) is 5.77. The first kappa shape index (κ1) is 16.3. The summed E-state index contributed by atoms with van der Waals surface area (Å²) in [7, 11) is 0. The Morgan fingerprint density at radius 1 is 1.28 bits per heavy atom. The highest BCUT2D eigenvalue weighted by molar-refractivity contribution is 7.99. The number of rotatable bonds is 3. The van der Waals surface area contributed by atoms with E-state index in [0.717, 1.165) is 42.1 Å². The summed E-state index contributed by atoms with van der Waals surface area (Å²) in [4.78, 5) is 29.8. The minimum absolute atomic E-state index is 0.0179. The molecule has 0 radical (unpaired) electrons. The van der Waals surface area contributed by atoms with Crippen LogP contribution in [0, 0.1) is 5.82 Å². The molecule has 1 atom stereocenters. The van der Waals surface area contributed by atoms with Gasteiger partial charge in [0.15, 0.2) is 5.16 Å². The Morgan fingerprint density at radius 2 is 2.04 bits per heavy atom. The van der Waals surface area contributed by atoms with Crippen molar-refractivity contribution in [2.75, 3.05) is 11.1 Å². The molecule has 1 amide bonds. The van der Waals surface area contributed by atoms with Crippen LogP contribution in [-0.2, 0) is 17.6 Å². The molecule has 1 unspecified atom stereocenters. The first-order valence-electron chi connectivity index (χ1n) is 8.44. The molecule has 7 heteroatoms. The summed E-state index contributed by atoms with van der Waals surface area (Å²) in [5, 5.41) is 3.49. The molecular weight excluding hydrogens is 341 g/mol. The average molecular weight is 359 g/mol. The molecule has 2 aromatic rings. The van der Waals surface area contributed by atoms with Gasteiger partial charge in [0.2, 0.25) is 5.91 Å². The Morgan fingerprint density at radius 3 is 2.84 bits per heavy atom. The average Bonchev–Trinajstić information content (AvgIpc) is 3.00. The summed E-state index contributed by atoms with van der Waals surface area (Å²) in [6.45, 7) is 0. The highest BCUT2D eigenvalue weighted by Gasteiger charge is 2.30. The minimum Gasteiger partial charge on any atom is -0.326 e. The van der Waals surface area contributed by atoms with Crippen LogP contribution in [0.25, 0.3) is 0 Å². The number of hydrogen-bond acceptors (Lipinski definition) is 4. The zero-order valence-corrected chi connectivity index (χ0v) is 14.4. The number of aryl methyl sites for hydroxylation is 1. The number of thioether (sulfide) groups is 1. The van der Waals surface area contributed by atoms with E-state index in [9.17, 15) is 14.0 Å². The standard InChI is InChI=1S/C18H18FN3O2S/c19-11-5-7-12(8-6-11)20-16(23)9-13-10-25-18-21-15-4-2-1-3-14(15)17(24)22(13)18/h5-8,13H,1-4,9-10H2,(H,20,23). The second-order valence-electron chi connectivity index (χ2n) is 6.43. The van der Waals surface area contributed by atoms with Crippen LogP contribution >= 0.6 is 11.8 Å². The number of carbonyl (C=O) groups is 1. The van der Waals surface area contributed by atoms with E-state index >= 15 is 0 Å². The minimum atomic E-state index is -0.346. The fourth-order valence-corrected chi connectivity index (χ4v) is 4.58. The van der Waals surface area contributed by atoms with Crippen LogP contribution in [0.2, 0.25) is 0 Å². The summed E-state index contributed by atoms with van der Waals surface area (Å²) in [5.41, 5.74) is 2.32. The van der Waals surface area contributed by atoms with Crippen molar-refractivity contribution in [1.29, 1.82) is 0 Å². The number of carbonyl (C=O) groups excluding carboxylic acids is 1. The molecule has 130 valence electrons. The molecule has 0 saturated heterocycles. The van der Waals surface area contributed by atoms with Crippen molar-refractivity contribution in [2.45, 2.75) is 43.3 Å². The van der Waals surface area contributed by atoms with Gasteiger partial charge in [0, 0.05) is 23.4 Å². The number of amides is 1. The summed E-state index contributed by atoms with van der Waals surface area (Å²) >= 11 is 1.54. The fraction of sp³-hybridized carbons (Fsp3) is 0.389. The van der Waals surface area contributed by atoms with Crippen molar-refractivity contribution in [3.8, 4) is 0 Å². The number of nitrogens with zero attached hydrogens (tertiary/aromatic N) is 2. The van der Waals surface area contributed by atoms with Crippen molar-refractivity contribution < 1.29 is 9.18 Å². The lowest BCUT2D eigenvalue weighted by molar-refractivity contribution is -0.116. The zero-order valence-electron chi connectivity index (χ0n) is 13.6. The number of benzene rings is 1. The van der Waals surface area contributed by atoms with E-state index < -0.39 is 0 Å². The van der Waals surface area contributed by atoms with Gasteiger partial charge in [-0.15, -0.1) is 0 Å². The van der Waals surface area contributed by atoms with Crippen molar-refractivity contribution in [1.82, 2.24) is 9.55 Å². The number of fused-ring (bicyclic) bond motifs is 2. The second kappa shape index (κ2) is 6.63. The van der Waals surface area contributed by atoms with Gasteiger partial charge < -0.3 is 5.32 Å². The molecule has 0 saturated carbocycles. The molecule has 0 spiro atoms. The second-order valence-corrected chi connectivity index (χ2v) is 7.41. The van der Waals surface area contributed by atoms with Gasteiger partial charge in [-0.3, -0.25) is 14.2 Å². The molecular formula is C18H18FN3O2S. The van der Waals surface area contributed by atoms with Crippen molar-refractivity contribution in [3.05, 3.63) is 51.7 Å². The van der Waals surface area contributed by atoms with Crippen LogP contribution in [0.5, 0.6) is 0 Å². The molecule has 25 heavy (non-hydrogen) atoms. The molecule has 5 nitrogen and oxygen atoms in total. The molecule has 4 rings (SSSR count). The number of nitrogens with one attached hydrogen (secondary N) is 1. The number of halogens is 1. The van der Waals surface area contributed by atoms with Gasteiger partial charge >= 0.3 is 0 Å². The first-order valence-corrected chi connectivity index (χ1v) is 9.43. The van der Waals surface area contributed by atoms with Crippen LogP contribution in [0.3, 0.4) is 0 Å². The summed E-state index contributed by atoms with van der Waals surface area (Å²) < 4.78 is 14.6. The molecule has 0 bridgehead atoms. The van der Waals surface area contributed by atoms with Crippen molar-refractivity contribution in [2.24, 2.45) is 0 Å². The van der Waals surface area contributed by atoms with Gasteiger partial charge in [-0.05, 0) is 49.9 Å². The van der Waals surface area contributed by atoms with E-state index in [1.807, 2.05) is 0 Å². The van der Waals surface area contributed by atoms with E-state index in [1.165, 1.54) is 36.0 Å². The Bertz CT molecular complexity index is 879. The maximum Gasteiger partial charge on any atom is 0.257 e. The van der Waals surface area contributed by atoms with E-state index in [1.54, 1.807) is 4.57 Å². The molecule has 1 N–H and O–H groups in total. The number of hydrogen-bond donors (Lipinski definition) is 1.